The van der Waals surface area contributed by atoms with Gasteiger partial charge >= 0.3 is 0 Å². The minimum absolute atomic E-state index is 0.0563. The third kappa shape index (κ3) is 1.34. The van der Waals surface area contributed by atoms with Crippen molar-refractivity contribution >= 4 is 10.9 Å². The zero-order chi connectivity index (χ0) is 11.1. The van der Waals surface area contributed by atoms with Crippen molar-refractivity contribution in [3.8, 4) is 0 Å². The number of aliphatic hydroxyl groups excluding tert-OH is 1. The number of aromatic nitrogens is 1. The first-order chi connectivity index (χ1) is 7.79. The molecule has 0 bridgehead atoms. The summed E-state index contributed by atoms with van der Waals surface area (Å²) in [7, 11) is 0. The fourth-order valence-electron chi connectivity index (χ4n) is 2.44. The number of rotatable bonds is 1. The van der Waals surface area contributed by atoms with Crippen LogP contribution in [0, 0.1) is 5.82 Å². The predicted molar refractivity (Wildman–Crippen MR) is 59.8 cm³/mol. The molecule has 1 aliphatic heterocycles. The molecular formula is C12H13FN2O. The van der Waals surface area contributed by atoms with Gasteiger partial charge in [-0.15, -0.1) is 0 Å². The topological polar surface area (TPSA) is 48.0 Å². The average molecular weight is 220 g/mol. The van der Waals surface area contributed by atoms with Crippen LogP contribution in [0.25, 0.3) is 10.9 Å². The number of aromatic amines is 1. The van der Waals surface area contributed by atoms with Gasteiger partial charge in [-0.2, -0.15) is 0 Å². The zero-order valence-electron chi connectivity index (χ0n) is 8.76. The van der Waals surface area contributed by atoms with Gasteiger partial charge in [0.25, 0.3) is 0 Å². The van der Waals surface area contributed by atoms with E-state index in [0.717, 1.165) is 29.6 Å². The van der Waals surface area contributed by atoms with Crippen LogP contribution >= 0.6 is 0 Å². The molecule has 0 radical (unpaired) electrons. The first-order valence-electron chi connectivity index (χ1n) is 5.44. The van der Waals surface area contributed by atoms with Gasteiger partial charge in [-0.05, 0) is 36.7 Å². The summed E-state index contributed by atoms with van der Waals surface area (Å²) in [6.45, 7) is 0.908. The number of aliphatic hydroxyl groups is 1. The Morgan fingerprint density at radius 2 is 2.31 bits per heavy atom. The molecule has 0 amide bonds. The van der Waals surface area contributed by atoms with Crippen LogP contribution in [0.3, 0.4) is 0 Å². The zero-order valence-corrected chi connectivity index (χ0v) is 8.76. The van der Waals surface area contributed by atoms with Crippen LogP contribution in [0.1, 0.15) is 17.3 Å². The molecule has 3 N–H and O–H groups in total. The predicted octanol–water partition coefficient (Wildman–Crippen LogP) is 1.49. The normalized spacial score (nSPS) is 20.0. The quantitative estimate of drug-likeness (QED) is 0.682. The van der Waals surface area contributed by atoms with E-state index in [4.69, 9.17) is 0 Å². The number of H-pyrrole nitrogens is 1. The van der Waals surface area contributed by atoms with Crippen molar-refractivity contribution in [1.29, 1.82) is 0 Å². The van der Waals surface area contributed by atoms with E-state index in [2.05, 4.69) is 10.3 Å². The molecule has 3 rings (SSSR count). The second-order valence-corrected chi connectivity index (χ2v) is 4.15. The van der Waals surface area contributed by atoms with E-state index in [0.29, 0.717) is 0 Å². The summed E-state index contributed by atoms with van der Waals surface area (Å²) < 4.78 is 13.1. The standard InChI is InChI=1S/C12H13FN2O/c13-7-1-2-8-9-3-4-14-11(6-16)12(9)15-10(8)5-7/h1-2,5,11,14-16H,3-4,6H2. The Kier molecular flexibility index (Phi) is 2.19. The number of benzene rings is 1. The van der Waals surface area contributed by atoms with E-state index in [1.165, 1.54) is 17.7 Å². The van der Waals surface area contributed by atoms with Gasteiger partial charge in [0.2, 0.25) is 0 Å². The highest BCUT2D eigenvalue weighted by Gasteiger charge is 2.22. The first-order valence-corrected chi connectivity index (χ1v) is 5.44. The fraction of sp³-hybridized carbons (Fsp3) is 0.333. The summed E-state index contributed by atoms with van der Waals surface area (Å²) in [5, 5.41) is 13.6. The summed E-state index contributed by atoms with van der Waals surface area (Å²) in [5.74, 6) is -0.236. The minimum atomic E-state index is -0.236. The fourth-order valence-corrected chi connectivity index (χ4v) is 2.44. The highest BCUT2D eigenvalue weighted by atomic mass is 19.1. The van der Waals surface area contributed by atoms with Crippen molar-refractivity contribution < 1.29 is 9.50 Å². The molecule has 1 aromatic heterocycles. The lowest BCUT2D eigenvalue weighted by molar-refractivity contribution is 0.238. The van der Waals surface area contributed by atoms with Gasteiger partial charge in [-0.3, -0.25) is 0 Å². The van der Waals surface area contributed by atoms with Gasteiger partial charge in [0.15, 0.2) is 0 Å². The van der Waals surface area contributed by atoms with Crippen molar-refractivity contribution in [3.05, 3.63) is 35.3 Å². The molecule has 84 valence electrons. The van der Waals surface area contributed by atoms with Gasteiger partial charge in [0.05, 0.1) is 12.6 Å². The molecule has 3 nitrogen and oxygen atoms in total. The smallest absolute Gasteiger partial charge is 0.125 e. The van der Waals surface area contributed by atoms with Gasteiger partial charge in [0, 0.05) is 16.6 Å². The van der Waals surface area contributed by atoms with Crippen LogP contribution in [-0.2, 0) is 6.42 Å². The Labute approximate surface area is 92.3 Å². The molecule has 0 saturated heterocycles. The summed E-state index contributed by atoms with van der Waals surface area (Å²) >= 11 is 0. The maximum atomic E-state index is 13.1. The Hall–Kier alpha value is -1.39. The third-order valence-electron chi connectivity index (χ3n) is 3.20. The molecule has 1 aromatic carbocycles. The van der Waals surface area contributed by atoms with Crippen LogP contribution in [0.15, 0.2) is 18.2 Å². The lowest BCUT2D eigenvalue weighted by Crippen LogP contribution is -2.31. The molecule has 16 heavy (non-hydrogen) atoms. The molecule has 0 aliphatic carbocycles. The van der Waals surface area contributed by atoms with Crippen molar-refractivity contribution in [2.75, 3.05) is 13.2 Å². The van der Waals surface area contributed by atoms with E-state index in [1.807, 2.05) is 0 Å². The van der Waals surface area contributed by atoms with Gasteiger partial charge in [-0.25, -0.2) is 4.39 Å². The third-order valence-corrected chi connectivity index (χ3v) is 3.20. The minimum Gasteiger partial charge on any atom is -0.394 e. The van der Waals surface area contributed by atoms with Gasteiger partial charge in [0.1, 0.15) is 5.82 Å². The number of hydrogen-bond donors (Lipinski definition) is 3. The lowest BCUT2D eigenvalue weighted by Gasteiger charge is -2.22. The Morgan fingerprint density at radius 1 is 1.44 bits per heavy atom. The number of nitrogens with one attached hydrogen (secondary N) is 2. The van der Waals surface area contributed by atoms with E-state index >= 15 is 0 Å². The summed E-state index contributed by atoms with van der Waals surface area (Å²) in [4.78, 5) is 3.20. The molecule has 1 unspecified atom stereocenters. The van der Waals surface area contributed by atoms with Crippen LogP contribution in [0.5, 0.6) is 0 Å². The maximum absolute atomic E-state index is 13.1. The molecule has 2 aromatic rings. The largest absolute Gasteiger partial charge is 0.394 e. The molecule has 1 atom stereocenters. The molecule has 2 heterocycles. The Morgan fingerprint density at radius 3 is 3.12 bits per heavy atom. The second-order valence-electron chi connectivity index (χ2n) is 4.15. The summed E-state index contributed by atoms with van der Waals surface area (Å²) in [6.07, 6.45) is 0.914. The summed E-state index contributed by atoms with van der Waals surface area (Å²) in [5.41, 5.74) is 3.01. The molecule has 0 saturated carbocycles. The Bertz CT molecular complexity index is 535. The van der Waals surface area contributed by atoms with Gasteiger partial charge < -0.3 is 15.4 Å². The number of hydrogen-bond acceptors (Lipinski definition) is 2. The lowest BCUT2D eigenvalue weighted by atomic mass is 10.00. The monoisotopic (exact) mass is 220 g/mol. The number of fused-ring (bicyclic) bond motifs is 3. The van der Waals surface area contributed by atoms with Crippen molar-refractivity contribution in [1.82, 2.24) is 10.3 Å². The van der Waals surface area contributed by atoms with Gasteiger partial charge in [-0.1, -0.05) is 0 Å². The SMILES string of the molecule is OCC1NCCc2c1[nH]c1cc(F)ccc21. The van der Waals surface area contributed by atoms with E-state index < -0.39 is 0 Å². The number of halogens is 1. The molecule has 1 aliphatic rings. The van der Waals surface area contributed by atoms with Crippen LogP contribution in [0.4, 0.5) is 4.39 Å². The molecule has 0 spiro atoms. The van der Waals surface area contributed by atoms with Crippen LogP contribution in [0.2, 0.25) is 0 Å². The van der Waals surface area contributed by atoms with Crippen LogP contribution in [-0.4, -0.2) is 23.2 Å². The maximum Gasteiger partial charge on any atom is 0.125 e. The van der Waals surface area contributed by atoms with E-state index in [1.54, 1.807) is 6.07 Å². The van der Waals surface area contributed by atoms with Crippen LogP contribution < -0.4 is 5.32 Å². The Balaban J connectivity index is 2.24. The van der Waals surface area contributed by atoms with E-state index in [-0.39, 0.29) is 18.5 Å². The van der Waals surface area contributed by atoms with E-state index in [9.17, 15) is 9.50 Å². The van der Waals surface area contributed by atoms with Crippen molar-refractivity contribution in [2.24, 2.45) is 0 Å². The average Bonchev–Trinajstić information content (AvgIpc) is 2.65. The molecular weight excluding hydrogens is 207 g/mol. The summed E-state index contributed by atoms with van der Waals surface area (Å²) in [6, 6.07) is 4.73. The highest BCUT2D eigenvalue weighted by Crippen LogP contribution is 2.29. The first kappa shape index (κ1) is 9.81. The molecule has 0 fully saturated rings. The highest BCUT2D eigenvalue weighted by molar-refractivity contribution is 5.85. The second kappa shape index (κ2) is 3.57. The van der Waals surface area contributed by atoms with Crippen molar-refractivity contribution in [2.45, 2.75) is 12.5 Å². The van der Waals surface area contributed by atoms with Crippen molar-refractivity contribution in [3.63, 3.8) is 0 Å². The molecule has 4 heteroatoms.